The molecule has 102 valence electrons. The molecule has 0 saturated carbocycles. The number of anilines is 2. The number of amides is 2. The number of carbonyl (C=O) groups excluding carboxylic acids is 2. The summed E-state index contributed by atoms with van der Waals surface area (Å²) in [4.78, 5) is 24.1. The number of hydrogen-bond donors (Lipinski definition) is 2. The summed E-state index contributed by atoms with van der Waals surface area (Å²) in [6.45, 7) is 2.11. The predicted molar refractivity (Wildman–Crippen MR) is 78.6 cm³/mol. The molecule has 1 aliphatic heterocycles. The minimum atomic E-state index is 0.00363. The van der Waals surface area contributed by atoms with Crippen molar-refractivity contribution >= 4 is 35.0 Å². The average Bonchev–Trinajstić information content (AvgIpc) is 2.38. The fraction of sp³-hybridized carbons (Fsp3) is 0.429. The van der Waals surface area contributed by atoms with Crippen LogP contribution in [0.5, 0.6) is 0 Å². The van der Waals surface area contributed by atoms with Crippen LogP contribution in [0.25, 0.3) is 0 Å². The fourth-order valence-corrected chi connectivity index (χ4v) is 2.71. The Balaban J connectivity index is 1.96. The van der Waals surface area contributed by atoms with Crippen molar-refractivity contribution in [3.63, 3.8) is 0 Å². The fourth-order valence-electron chi connectivity index (χ4n) is 1.92. The van der Waals surface area contributed by atoms with Crippen LogP contribution in [0.2, 0.25) is 0 Å². The van der Waals surface area contributed by atoms with Gasteiger partial charge in [-0.25, -0.2) is 0 Å². The van der Waals surface area contributed by atoms with E-state index in [0.29, 0.717) is 12.2 Å². The molecule has 0 atom stereocenters. The molecule has 1 aliphatic rings. The highest BCUT2D eigenvalue weighted by Crippen LogP contribution is 2.33. The van der Waals surface area contributed by atoms with Crippen LogP contribution < -0.4 is 10.6 Å². The Kier molecular flexibility index (Phi) is 4.85. The molecule has 0 spiro atoms. The molecule has 0 aromatic heterocycles. The zero-order valence-electron chi connectivity index (χ0n) is 11.0. The number of rotatable bonds is 5. The summed E-state index contributed by atoms with van der Waals surface area (Å²) >= 11 is 1.52. The van der Waals surface area contributed by atoms with Gasteiger partial charge >= 0.3 is 0 Å². The van der Waals surface area contributed by atoms with Crippen molar-refractivity contribution in [3.05, 3.63) is 18.2 Å². The lowest BCUT2D eigenvalue weighted by atomic mass is 10.2. The second-order valence-corrected chi connectivity index (χ2v) is 5.57. The van der Waals surface area contributed by atoms with Gasteiger partial charge in [0.2, 0.25) is 11.8 Å². The molecule has 2 amide bonds. The van der Waals surface area contributed by atoms with Gasteiger partial charge in [-0.05, 0) is 24.6 Å². The second kappa shape index (κ2) is 6.61. The lowest BCUT2D eigenvalue weighted by Crippen LogP contribution is -2.19. The molecular formula is C14H18N2O2S. The molecule has 0 saturated heterocycles. The first kappa shape index (κ1) is 13.9. The lowest BCUT2D eigenvalue weighted by molar-refractivity contribution is -0.116. The van der Waals surface area contributed by atoms with E-state index in [-0.39, 0.29) is 11.8 Å². The quantitative estimate of drug-likeness (QED) is 0.813. The summed E-state index contributed by atoms with van der Waals surface area (Å²) in [6.07, 6.45) is 3.64. The van der Waals surface area contributed by atoms with Crippen molar-refractivity contribution in [2.75, 3.05) is 16.4 Å². The average molecular weight is 278 g/mol. The van der Waals surface area contributed by atoms with Gasteiger partial charge in [-0.1, -0.05) is 19.8 Å². The Morgan fingerprint density at radius 3 is 3.05 bits per heavy atom. The summed E-state index contributed by atoms with van der Waals surface area (Å²) in [5.74, 6) is 0.488. The Morgan fingerprint density at radius 2 is 2.26 bits per heavy atom. The molecule has 5 heteroatoms. The number of fused-ring (bicyclic) bond motifs is 1. The first-order valence-electron chi connectivity index (χ1n) is 6.55. The number of unbranched alkanes of at least 4 members (excludes halogenated alkanes) is 2. The van der Waals surface area contributed by atoms with E-state index in [1.807, 2.05) is 18.2 Å². The predicted octanol–water partition coefficient (Wildman–Crippen LogP) is 3.25. The number of nitrogens with one attached hydrogen (secondary N) is 2. The standard InChI is InChI=1S/C14H18N2O2S/c1-2-3-4-5-13(17)15-10-6-7-12-11(8-10)16-14(18)9-19-12/h6-8H,2-5,9H2,1H3,(H,15,17)(H,16,18). The molecule has 0 radical (unpaired) electrons. The molecule has 0 aliphatic carbocycles. The van der Waals surface area contributed by atoms with E-state index in [1.54, 1.807) is 0 Å². The molecule has 2 rings (SSSR count). The van der Waals surface area contributed by atoms with Crippen LogP contribution in [0.4, 0.5) is 11.4 Å². The highest BCUT2D eigenvalue weighted by molar-refractivity contribution is 8.00. The van der Waals surface area contributed by atoms with E-state index in [4.69, 9.17) is 0 Å². The van der Waals surface area contributed by atoms with E-state index in [9.17, 15) is 9.59 Å². The molecule has 19 heavy (non-hydrogen) atoms. The maximum absolute atomic E-state index is 11.7. The van der Waals surface area contributed by atoms with Gasteiger partial charge in [-0.15, -0.1) is 11.8 Å². The third-order valence-electron chi connectivity index (χ3n) is 2.90. The first-order valence-corrected chi connectivity index (χ1v) is 7.54. The highest BCUT2D eigenvalue weighted by Gasteiger charge is 2.15. The van der Waals surface area contributed by atoms with Crippen molar-refractivity contribution < 1.29 is 9.59 Å². The van der Waals surface area contributed by atoms with Gasteiger partial charge in [0.15, 0.2) is 0 Å². The van der Waals surface area contributed by atoms with Crippen molar-refractivity contribution in [2.45, 2.75) is 37.5 Å². The van der Waals surface area contributed by atoms with Gasteiger partial charge in [0, 0.05) is 17.0 Å². The molecule has 1 heterocycles. The number of benzene rings is 1. The van der Waals surface area contributed by atoms with Crippen LogP contribution in [-0.2, 0) is 9.59 Å². The monoisotopic (exact) mass is 278 g/mol. The van der Waals surface area contributed by atoms with Crippen LogP contribution in [0.3, 0.4) is 0 Å². The summed E-state index contributed by atoms with van der Waals surface area (Å²) in [5.41, 5.74) is 1.52. The largest absolute Gasteiger partial charge is 0.326 e. The van der Waals surface area contributed by atoms with Gasteiger partial charge in [-0.2, -0.15) is 0 Å². The SMILES string of the molecule is CCCCCC(=O)Nc1ccc2c(c1)NC(=O)CS2. The molecule has 0 fully saturated rings. The Bertz CT molecular complexity index is 488. The molecule has 0 bridgehead atoms. The van der Waals surface area contributed by atoms with Crippen molar-refractivity contribution in [1.29, 1.82) is 0 Å². The zero-order valence-corrected chi connectivity index (χ0v) is 11.8. The van der Waals surface area contributed by atoms with E-state index >= 15 is 0 Å². The smallest absolute Gasteiger partial charge is 0.234 e. The first-order chi connectivity index (χ1) is 9.19. The van der Waals surface area contributed by atoms with Crippen LogP contribution >= 0.6 is 11.8 Å². The number of carbonyl (C=O) groups is 2. The van der Waals surface area contributed by atoms with Crippen molar-refractivity contribution in [3.8, 4) is 0 Å². The van der Waals surface area contributed by atoms with Crippen LogP contribution in [-0.4, -0.2) is 17.6 Å². The van der Waals surface area contributed by atoms with E-state index < -0.39 is 0 Å². The maximum Gasteiger partial charge on any atom is 0.234 e. The topological polar surface area (TPSA) is 58.2 Å². The van der Waals surface area contributed by atoms with Gasteiger partial charge in [-0.3, -0.25) is 9.59 Å². The zero-order chi connectivity index (χ0) is 13.7. The summed E-state index contributed by atoms with van der Waals surface area (Å²) in [7, 11) is 0. The minimum Gasteiger partial charge on any atom is -0.326 e. The number of hydrogen-bond acceptors (Lipinski definition) is 3. The van der Waals surface area contributed by atoms with Crippen LogP contribution in [0.15, 0.2) is 23.1 Å². The summed E-state index contributed by atoms with van der Waals surface area (Å²) in [6, 6.07) is 5.62. The minimum absolute atomic E-state index is 0.00363. The molecule has 0 unspecified atom stereocenters. The van der Waals surface area contributed by atoms with E-state index in [2.05, 4.69) is 17.6 Å². The number of thioether (sulfide) groups is 1. The molecule has 1 aromatic rings. The van der Waals surface area contributed by atoms with E-state index in [0.717, 1.165) is 35.5 Å². The Hall–Kier alpha value is -1.49. The molecule has 2 N–H and O–H groups in total. The van der Waals surface area contributed by atoms with Crippen LogP contribution in [0, 0.1) is 0 Å². The molecular weight excluding hydrogens is 260 g/mol. The van der Waals surface area contributed by atoms with Crippen molar-refractivity contribution in [2.24, 2.45) is 0 Å². The summed E-state index contributed by atoms with van der Waals surface area (Å²) < 4.78 is 0. The van der Waals surface area contributed by atoms with Gasteiger partial charge in [0.25, 0.3) is 0 Å². The lowest BCUT2D eigenvalue weighted by Gasteiger charge is -2.17. The van der Waals surface area contributed by atoms with Crippen LogP contribution in [0.1, 0.15) is 32.6 Å². The van der Waals surface area contributed by atoms with Gasteiger partial charge < -0.3 is 10.6 Å². The third kappa shape index (κ3) is 3.99. The second-order valence-electron chi connectivity index (χ2n) is 4.55. The molecule has 1 aromatic carbocycles. The van der Waals surface area contributed by atoms with Gasteiger partial charge in [0.05, 0.1) is 11.4 Å². The molecule has 4 nitrogen and oxygen atoms in total. The van der Waals surface area contributed by atoms with E-state index in [1.165, 1.54) is 11.8 Å². The normalized spacial score (nSPS) is 13.6. The third-order valence-corrected chi connectivity index (χ3v) is 3.98. The van der Waals surface area contributed by atoms with Crippen molar-refractivity contribution in [1.82, 2.24) is 0 Å². The van der Waals surface area contributed by atoms with Gasteiger partial charge in [0.1, 0.15) is 0 Å². The summed E-state index contributed by atoms with van der Waals surface area (Å²) in [5, 5.41) is 5.68. The Labute approximate surface area is 117 Å². The highest BCUT2D eigenvalue weighted by atomic mass is 32.2. The Morgan fingerprint density at radius 1 is 1.42 bits per heavy atom. The maximum atomic E-state index is 11.7.